The Balaban J connectivity index is 1.83. The molecular formula is C14H19N3O2. The first-order valence-corrected chi connectivity index (χ1v) is 6.85. The zero-order chi connectivity index (χ0) is 13.4. The number of aliphatic hydroxyl groups is 1. The number of carbonyl (C=O) groups is 1. The lowest BCUT2D eigenvalue weighted by Crippen LogP contribution is -2.45. The Morgan fingerprint density at radius 1 is 1.53 bits per heavy atom. The van der Waals surface area contributed by atoms with Gasteiger partial charge >= 0.3 is 0 Å². The Hall–Kier alpha value is -1.62. The van der Waals surface area contributed by atoms with E-state index in [2.05, 4.69) is 15.2 Å². The first-order chi connectivity index (χ1) is 9.16. The smallest absolute Gasteiger partial charge is 0.225 e. The summed E-state index contributed by atoms with van der Waals surface area (Å²) in [6.07, 6.45) is 3.27. The SMILES string of the molecule is C[C@@H](O)c1ccc(N2CCCC3C(=O)NCC32)cn1. The molecule has 0 spiro atoms. The van der Waals surface area contributed by atoms with Gasteiger partial charge in [-0.1, -0.05) is 0 Å². The first kappa shape index (κ1) is 12.4. The molecule has 2 saturated heterocycles. The number of nitrogens with zero attached hydrogens (tertiary/aromatic N) is 2. The molecular weight excluding hydrogens is 242 g/mol. The highest BCUT2D eigenvalue weighted by atomic mass is 16.3. The minimum atomic E-state index is -0.544. The van der Waals surface area contributed by atoms with Gasteiger partial charge in [0.25, 0.3) is 0 Å². The topological polar surface area (TPSA) is 65.5 Å². The number of rotatable bonds is 2. The van der Waals surface area contributed by atoms with Crippen LogP contribution in [0.3, 0.4) is 0 Å². The number of nitrogens with one attached hydrogen (secondary N) is 1. The molecule has 0 aromatic carbocycles. The van der Waals surface area contributed by atoms with Crippen LogP contribution in [0.2, 0.25) is 0 Å². The number of aliphatic hydroxyl groups excluding tert-OH is 1. The fourth-order valence-electron chi connectivity index (χ4n) is 3.09. The molecule has 5 nitrogen and oxygen atoms in total. The fourth-order valence-corrected chi connectivity index (χ4v) is 3.09. The van der Waals surface area contributed by atoms with E-state index in [4.69, 9.17) is 0 Å². The van der Waals surface area contributed by atoms with Crippen LogP contribution in [0.5, 0.6) is 0 Å². The van der Waals surface area contributed by atoms with E-state index in [1.54, 1.807) is 13.1 Å². The van der Waals surface area contributed by atoms with Crippen LogP contribution in [-0.2, 0) is 4.79 Å². The molecule has 2 aliphatic heterocycles. The van der Waals surface area contributed by atoms with Crippen LogP contribution in [-0.4, -0.2) is 35.1 Å². The van der Waals surface area contributed by atoms with Crippen molar-refractivity contribution in [1.82, 2.24) is 10.3 Å². The lowest BCUT2D eigenvalue weighted by atomic mass is 9.91. The molecule has 5 heteroatoms. The highest BCUT2D eigenvalue weighted by Crippen LogP contribution is 2.31. The lowest BCUT2D eigenvalue weighted by molar-refractivity contribution is -0.122. The van der Waals surface area contributed by atoms with Gasteiger partial charge in [-0.05, 0) is 31.9 Å². The molecule has 0 radical (unpaired) electrons. The lowest BCUT2D eigenvalue weighted by Gasteiger charge is -2.37. The van der Waals surface area contributed by atoms with Gasteiger partial charge in [0.2, 0.25) is 5.91 Å². The van der Waals surface area contributed by atoms with Crippen LogP contribution in [0.4, 0.5) is 5.69 Å². The van der Waals surface area contributed by atoms with Crippen molar-refractivity contribution < 1.29 is 9.90 Å². The molecule has 1 aromatic heterocycles. The van der Waals surface area contributed by atoms with Crippen molar-refractivity contribution in [2.24, 2.45) is 5.92 Å². The fraction of sp³-hybridized carbons (Fsp3) is 0.571. The molecule has 0 aliphatic carbocycles. The quantitative estimate of drug-likeness (QED) is 0.828. The number of aromatic nitrogens is 1. The van der Waals surface area contributed by atoms with Crippen molar-refractivity contribution in [3.63, 3.8) is 0 Å². The third-order valence-electron chi connectivity index (χ3n) is 4.13. The Bertz CT molecular complexity index is 472. The summed E-state index contributed by atoms with van der Waals surface area (Å²) in [6, 6.07) is 4.09. The average Bonchev–Trinajstić information content (AvgIpc) is 2.81. The van der Waals surface area contributed by atoms with Gasteiger partial charge in [0, 0.05) is 13.1 Å². The van der Waals surface area contributed by atoms with Crippen molar-refractivity contribution in [3.05, 3.63) is 24.0 Å². The number of anilines is 1. The summed E-state index contributed by atoms with van der Waals surface area (Å²) in [5, 5.41) is 12.4. The highest BCUT2D eigenvalue weighted by Gasteiger charge is 2.40. The number of pyridine rings is 1. The maximum atomic E-state index is 11.7. The summed E-state index contributed by atoms with van der Waals surface area (Å²) in [4.78, 5) is 18.3. The minimum absolute atomic E-state index is 0.116. The van der Waals surface area contributed by atoms with Crippen molar-refractivity contribution in [3.8, 4) is 0 Å². The van der Waals surface area contributed by atoms with Crippen molar-refractivity contribution in [1.29, 1.82) is 0 Å². The van der Waals surface area contributed by atoms with Crippen molar-refractivity contribution in [2.45, 2.75) is 31.9 Å². The second kappa shape index (κ2) is 4.81. The molecule has 2 unspecified atom stereocenters. The number of amides is 1. The second-order valence-corrected chi connectivity index (χ2v) is 5.37. The zero-order valence-electron chi connectivity index (χ0n) is 11.0. The molecule has 2 fully saturated rings. The first-order valence-electron chi connectivity index (χ1n) is 6.85. The molecule has 3 atom stereocenters. The molecule has 19 heavy (non-hydrogen) atoms. The third-order valence-corrected chi connectivity index (χ3v) is 4.13. The monoisotopic (exact) mass is 261 g/mol. The predicted octanol–water partition coefficient (Wildman–Crippen LogP) is 0.850. The van der Waals surface area contributed by atoms with Crippen molar-refractivity contribution >= 4 is 11.6 Å². The highest BCUT2D eigenvalue weighted by molar-refractivity contribution is 5.83. The summed E-state index contributed by atoms with van der Waals surface area (Å²) in [5.41, 5.74) is 1.72. The van der Waals surface area contributed by atoms with Crippen LogP contribution in [0.15, 0.2) is 18.3 Å². The maximum absolute atomic E-state index is 11.7. The number of hydrogen-bond acceptors (Lipinski definition) is 4. The molecule has 102 valence electrons. The minimum Gasteiger partial charge on any atom is -0.387 e. The molecule has 3 heterocycles. The van der Waals surface area contributed by atoms with E-state index in [1.807, 2.05) is 12.1 Å². The normalized spacial score (nSPS) is 27.9. The van der Waals surface area contributed by atoms with Gasteiger partial charge in [0.05, 0.1) is 35.6 Å². The molecule has 1 amide bonds. The molecule has 2 aliphatic rings. The zero-order valence-corrected chi connectivity index (χ0v) is 11.0. The van der Waals surface area contributed by atoms with E-state index in [-0.39, 0.29) is 17.9 Å². The predicted molar refractivity (Wildman–Crippen MR) is 71.7 cm³/mol. The molecule has 3 rings (SSSR count). The van der Waals surface area contributed by atoms with Crippen LogP contribution < -0.4 is 10.2 Å². The van der Waals surface area contributed by atoms with E-state index in [0.29, 0.717) is 5.69 Å². The standard InChI is InChI=1S/C14H19N3O2/c1-9(18)12-5-4-10(7-15-12)17-6-2-3-11-13(17)8-16-14(11)19/h4-5,7,9,11,13,18H,2-3,6,8H2,1H3,(H,16,19)/t9-,11?,13?/m1/s1. The van der Waals surface area contributed by atoms with Crippen LogP contribution in [0.1, 0.15) is 31.6 Å². The van der Waals surface area contributed by atoms with E-state index in [9.17, 15) is 9.90 Å². The van der Waals surface area contributed by atoms with Crippen LogP contribution in [0, 0.1) is 5.92 Å². The summed E-state index contributed by atoms with van der Waals surface area (Å²) in [6.45, 7) is 3.39. The third kappa shape index (κ3) is 2.18. The van der Waals surface area contributed by atoms with E-state index < -0.39 is 6.10 Å². The summed E-state index contributed by atoms with van der Waals surface area (Å²) >= 11 is 0. The van der Waals surface area contributed by atoms with E-state index in [0.717, 1.165) is 31.6 Å². The van der Waals surface area contributed by atoms with Gasteiger partial charge < -0.3 is 15.3 Å². The van der Waals surface area contributed by atoms with Gasteiger partial charge in [-0.15, -0.1) is 0 Å². The Labute approximate surface area is 112 Å². The Kier molecular flexibility index (Phi) is 3.14. The van der Waals surface area contributed by atoms with Crippen LogP contribution >= 0.6 is 0 Å². The summed E-state index contributed by atoms with van der Waals surface area (Å²) < 4.78 is 0. The number of carbonyl (C=O) groups excluding carboxylic acids is 1. The van der Waals surface area contributed by atoms with Crippen LogP contribution in [0.25, 0.3) is 0 Å². The Morgan fingerprint density at radius 2 is 2.37 bits per heavy atom. The molecule has 0 bridgehead atoms. The van der Waals surface area contributed by atoms with Crippen molar-refractivity contribution in [2.75, 3.05) is 18.0 Å². The number of fused-ring (bicyclic) bond motifs is 1. The van der Waals surface area contributed by atoms with Gasteiger partial charge in [-0.25, -0.2) is 0 Å². The van der Waals surface area contributed by atoms with Gasteiger partial charge in [-0.2, -0.15) is 0 Å². The van der Waals surface area contributed by atoms with E-state index >= 15 is 0 Å². The van der Waals surface area contributed by atoms with E-state index in [1.165, 1.54) is 0 Å². The van der Waals surface area contributed by atoms with Gasteiger partial charge in [-0.3, -0.25) is 9.78 Å². The molecule has 0 saturated carbocycles. The van der Waals surface area contributed by atoms with Gasteiger partial charge in [0.1, 0.15) is 0 Å². The number of piperidine rings is 1. The second-order valence-electron chi connectivity index (χ2n) is 5.37. The molecule has 1 aromatic rings. The largest absolute Gasteiger partial charge is 0.387 e. The molecule has 2 N–H and O–H groups in total. The number of hydrogen-bond donors (Lipinski definition) is 2. The summed E-state index contributed by atoms with van der Waals surface area (Å²) in [7, 11) is 0. The Morgan fingerprint density at radius 3 is 3.05 bits per heavy atom. The maximum Gasteiger partial charge on any atom is 0.225 e. The average molecular weight is 261 g/mol. The summed E-state index contributed by atoms with van der Waals surface area (Å²) in [5.74, 6) is 0.299. The van der Waals surface area contributed by atoms with Gasteiger partial charge in [0.15, 0.2) is 0 Å².